The molecule has 5 nitrogen and oxygen atoms in total. The van der Waals surface area contributed by atoms with Crippen molar-refractivity contribution in [1.82, 2.24) is 9.97 Å². The van der Waals surface area contributed by atoms with Crippen LogP contribution in [0, 0.1) is 5.92 Å². The topological polar surface area (TPSA) is 73.1 Å². The fraction of sp³-hybridized carbons (Fsp3) is 0.636. The number of hydrogen-bond acceptors (Lipinski definition) is 5. The molecule has 1 aliphatic rings. The molecule has 2 unspecified atom stereocenters. The molecule has 5 heteroatoms. The van der Waals surface area contributed by atoms with Crippen LogP contribution in [0.25, 0.3) is 0 Å². The number of nitrogen functional groups attached to an aromatic ring is 1. The van der Waals surface area contributed by atoms with Crippen molar-refractivity contribution in [1.29, 1.82) is 0 Å². The highest BCUT2D eigenvalue weighted by atomic mass is 16.5. The third-order valence-corrected chi connectivity index (χ3v) is 2.67. The third kappa shape index (κ3) is 2.82. The normalized spacial score (nSPS) is 23.1. The van der Waals surface area contributed by atoms with Crippen LogP contribution in [-0.4, -0.2) is 22.6 Å². The summed E-state index contributed by atoms with van der Waals surface area (Å²) in [5, 5.41) is 3.34. The van der Waals surface area contributed by atoms with Crippen LogP contribution >= 0.6 is 0 Å². The molecular weight excluding hydrogens is 204 g/mol. The van der Waals surface area contributed by atoms with E-state index in [1.807, 2.05) is 6.92 Å². The lowest BCUT2D eigenvalue weighted by molar-refractivity contribution is 0.128. The predicted octanol–water partition coefficient (Wildman–Crippen LogP) is 1.42. The van der Waals surface area contributed by atoms with E-state index >= 15 is 0 Å². The standard InChI is InChI=1S/C11H18N4O/c1-3-16-6-11-14-9(12)5-10(15-11)13-8-4-7(8)2/h5,7-8H,3-4,6H2,1-2H3,(H3,12,13,14,15). The summed E-state index contributed by atoms with van der Waals surface area (Å²) in [6.07, 6.45) is 1.20. The SMILES string of the molecule is CCOCc1nc(N)cc(NC2CC2C)n1. The van der Waals surface area contributed by atoms with Gasteiger partial charge in [-0.2, -0.15) is 0 Å². The van der Waals surface area contributed by atoms with Gasteiger partial charge in [-0.1, -0.05) is 6.92 Å². The first-order valence-electron chi connectivity index (χ1n) is 5.66. The number of aromatic nitrogens is 2. The van der Waals surface area contributed by atoms with Crippen molar-refractivity contribution >= 4 is 11.6 Å². The van der Waals surface area contributed by atoms with E-state index in [9.17, 15) is 0 Å². The summed E-state index contributed by atoms with van der Waals surface area (Å²) in [6, 6.07) is 2.30. The van der Waals surface area contributed by atoms with Crippen molar-refractivity contribution in [3.8, 4) is 0 Å². The van der Waals surface area contributed by atoms with Gasteiger partial charge in [0.25, 0.3) is 0 Å². The molecule has 16 heavy (non-hydrogen) atoms. The molecule has 1 heterocycles. The Kier molecular flexibility index (Phi) is 3.24. The fourth-order valence-electron chi connectivity index (χ4n) is 1.56. The number of nitrogens with zero attached hydrogens (tertiary/aromatic N) is 2. The van der Waals surface area contributed by atoms with Gasteiger partial charge in [0.15, 0.2) is 5.82 Å². The zero-order chi connectivity index (χ0) is 11.5. The van der Waals surface area contributed by atoms with E-state index < -0.39 is 0 Å². The first kappa shape index (κ1) is 11.1. The molecule has 1 aromatic rings. The van der Waals surface area contributed by atoms with E-state index in [-0.39, 0.29) is 0 Å². The van der Waals surface area contributed by atoms with Crippen LogP contribution < -0.4 is 11.1 Å². The maximum absolute atomic E-state index is 5.72. The summed E-state index contributed by atoms with van der Waals surface area (Å²) in [7, 11) is 0. The van der Waals surface area contributed by atoms with Gasteiger partial charge in [0.1, 0.15) is 18.2 Å². The van der Waals surface area contributed by atoms with Crippen molar-refractivity contribution < 1.29 is 4.74 Å². The monoisotopic (exact) mass is 222 g/mol. The number of rotatable bonds is 5. The molecule has 0 aromatic carbocycles. The molecule has 2 atom stereocenters. The maximum atomic E-state index is 5.72. The van der Waals surface area contributed by atoms with Gasteiger partial charge in [-0.05, 0) is 19.3 Å². The van der Waals surface area contributed by atoms with E-state index in [1.54, 1.807) is 6.07 Å². The predicted molar refractivity (Wildman–Crippen MR) is 63.0 cm³/mol. The van der Waals surface area contributed by atoms with Crippen molar-refractivity contribution in [3.63, 3.8) is 0 Å². The molecular formula is C11H18N4O. The Morgan fingerprint density at radius 3 is 2.94 bits per heavy atom. The highest BCUT2D eigenvalue weighted by Crippen LogP contribution is 2.32. The minimum absolute atomic E-state index is 0.413. The average Bonchev–Trinajstić information content (AvgIpc) is 2.90. The van der Waals surface area contributed by atoms with Gasteiger partial charge in [0.2, 0.25) is 0 Å². The lowest BCUT2D eigenvalue weighted by atomic mass is 10.4. The first-order valence-corrected chi connectivity index (χ1v) is 5.66. The molecule has 0 bridgehead atoms. The van der Waals surface area contributed by atoms with Gasteiger partial charge in [-0.15, -0.1) is 0 Å². The van der Waals surface area contributed by atoms with E-state index in [0.717, 1.165) is 11.7 Å². The summed E-state index contributed by atoms with van der Waals surface area (Å²) in [5.41, 5.74) is 5.72. The third-order valence-electron chi connectivity index (χ3n) is 2.67. The molecule has 3 N–H and O–H groups in total. The lowest BCUT2D eigenvalue weighted by Gasteiger charge is -2.07. The van der Waals surface area contributed by atoms with E-state index in [0.29, 0.717) is 30.9 Å². The van der Waals surface area contributed by atoms with Crippen LogP contribution in [0.1, 0.15) is 26.1 Å². The zero-order valence-electron chi connectivity index (χ0n) is 9.73. The highest BCUT2D eigenvalue weighted by molar-refractivity contribution is 5.46. The number of nitrogens with one attached hydrogen (secondary N) is 1. The Bertz CT molecular complexity index is 369. The number of ether oxygens (including phenoxy) is 1. The molecule has 0 spiro atoms. The summed E-state index contributed by atoms with van der Waals surface area (Å²) in [5.74, 6) is 2.65. The summed E-state index contributed by atoms with van der Waals surface area (Å²) in [4.78, 5) is 8.48. The fourth-order valence-corrected chi connectivity index (χ4v) is 1.56. The average molecular weight is 222 g/mol. The van der Waals surface area contributed by atoms with Crippen LogP contribution in [0.5, 0.6) is 0 Å². The highest BCUT2D eigenvalue weighted by Gasteiger charge is 2.32. The smallest absolute Gasteiger partial charge is 0.158 e. The van der Waals surface area contributed by atoms with Crippen molar-refractivity contribution in [2.45, 2.75) is 32.9 Å². The van der Waals surface area contributed by atoms with Crippen LogP contribution in [0.4, 0.5) is 11.6 Å². The van der Waals surface area contributed by atoms with E-state index in [1.165, 1.54) is 6.42 Å². The second-order valence-corrected chi connectivity index (χ2v) is 4.20. The largest absolute Gasteiger partial charge is 0.384 e. The number of nitrogens with two attached hydrogens (primary N) is 1. The molecule has 0 amide bonds. The minimum Gasteiger partial charge on any atom is -0.384 e. The molecule has 88 valence electrons. The Balaban J connectivity index is 2.03. The Morgan fingerprint density at radius 2 is 2.31 bits per heavy atom. The van der Waals surface area contributed by atoms with Crippen LogP contribution in [-0.2, 0) is 11.3 Å². The van der Waals surface area contributed by atoms with Crippen molar-refractivity contribution in [3.05, 3.63) is 11.9 Å². The summed E-state index contributed by atoms with van der Waals surface area (Å²) in [6.45, 7) is 5.22. The van der Waals surface area contributed by atoms with Crippen LogP contribution in [0.15, 0.2) is 6.07 Å². The van der Waals surface area contributed by atoms with Gasteiger partial charge in [0.05, 0.1) is 0 Å². The number of anilines is 2. The van der Waals surface area contributed by atoms with Gasteiger partial charge in [0, 0.05) is 18.7 Å². The summed E-state index contributed by atoms with van der Waals surface area (Å²) >= 11 is 0. The van der Waals surface area contributed by atoms with Gasteiger partial charge in [-0.3, -0.25) is 0 Å². The van der Waals surface area contributed by atoms with Gasteiger partial charge < -0.3 is 15.8 Å². The van der Waals surface area contributed by atoms with Crippen LogP contribution in [0.2, 0.25) is 0 Å². The second kappa shape index (κ2) is 4.65. The molecule has 0 radical (unpaired) electrons. The Labute approximate surface area is 95.4 Å². The van der Waals surface area contributed by atoms with Crippen LogP contribution in [0.3, 0.4) is 0 Å². The van der Waals surface area contributed by atoms with Gasteiger partial charge in [-0.25, -0.2) is 9.97 Å². The van der Waals surface area contributed by atoms with Gasteiger partial charge >= 0.3 is 0 Å². The molecule has 2 rings (SSSR count). The molecule has 1 aliphatic carbocycles. The molecule has 1 saturated carbocycles. The van der Waals surface area contributed by atoms with Crippen molar-refractivity contribution in [2.75, 3.05) is 17.7 Å². The minimum atomic E-state index is 0.413. The first-order chi connectivity index (χ1) is 7.69. The summed E-state index contributed by atoms with van der Waals surface area (Å²) < 4.78 is 5.26. The Morgan fingerprint density at radius 1 is 1.56 bits per heavy atom. The lowest BCUT2D eigenvalue weighted by Crippen LogP contribution is -2.09. The maximum Gasteiger partial charge on any atom is 0.158 e. The second-order valence-electron chi connectivity index (χ2n) is 4.20. The Hall–Kier alpha value is -1.36. The van der Waals surface area contributed by atoms with E-state index in [2.05, 4.69) is 22.2 Å². The zero-order valence-corrected chi connectivity index (χ0v) is 9.73. The molecule has 0 aliphatic heterocycles. The molecule has 1 fully saturated rings. The van der Waals surface area contributed by atoms with Crippen molar-refractivity contribution in [2.24, 2.45) is 5.92 Å². The number of hydrogen-bond donors (Lipinski definition) is 2. The quantitative estimate of drug-likeness (QED) is 0.788. The molecule has 0 saturated heterocycles. The van der Waals surface area contributed by atoms with E-state index in [4.69, 9.17) is 10.5 Å². The molecule has 1 aromatic heterocycles.